The third-order valence-corrected chi connectivity index (χ3v) is 6.55. The zero-order valence-electron chi connectivity index (χ0n) is 16.8. The highest BCUT2D eigenvalue weighted by Crippen LogP contribution is 2.34. The second kappa shape index (κ2) is 8.13. The zero-order chi connectivity index (χ0) is 19.6. The number of hydrogen-bond donors (Lipinski definition) is 1. The van der Waals surface area contributed by atoms with E-state index in [1.807, 2.05) is 12.3 Å². The van der Waals surface area contributed by atoms with E-state index in [2.05, 4.69) is 51.2 Å². The smallest absolute Gasteiger partial charge is 0.123 e. The number of allylic oxidation sites excluding steroid dienone is 1. The van der Waals surface area contributed by atoms with Gasteiger partial charge in [0.15, 0.2) is 0 Å². The Bertz CT molecular complexity index is 999. The Labute approximate surface area is 171 Å². The van der Waals surface area contributed by atoms with Crippen molar-refractivity contribution in [3.8, 4) is 0 Å². The molecule has 1 saturated heterocycles. The van der Waals surface area contributed by atoms with Crippen LogP contribution in [-0.4, -0.2) is 47.0 Å². The van der Waals surface area contributed by atoms with Crippen LogP contribution in [0.2, 0.25) is 0 Å². The van der Waals surface area contributed by atoms with Crippen LogP contribution in [0.5, 0.6) is 0 Å². The number of aromatic amines is 1. The van der Waals surface area contributed by atoms with Crippen LogP contribution in [0.25, 0.3) is 16.5 Å². The van der Waals surface area contributed by atoms with Gasteiger partial charge >= 0.3 is 0 Å². The van der Waals surface area contributed by atoms with E-state index in [9.17, 15) is 4.39 Å². The fraction of sp³-hybridized carbons (Fsp3) is 0.360. The van der Waals surface area contributed by atoms with Crippen LogP contribution >= 0.6 is 0 Å². The van der Waals surface area contributed by atoms with Crippen LogP contribution in [0.1, 0.15) is 30.4 Å². The highest BCUT2D eigenvalue weighted by molar-refractivity contribution is 5.92. The van der Waals surface area contributed by atoms with Gasteiger partial charge in [-0.05, 0) is 48.6 Å². The molecular formula is C25H28FN3. The predicted molar refractivity (Wildman–Crippen MR) is 117 cm³/mol. The van der Waals surface area contributed by atoms with Crippen molar-refractivity contribution >= 4 is 16.5 Å². The Hall–Kier alpha value is -2.43. The summed E-state index contributed by atoms with van der Waals surface area (Å²) in [4.78, 5) is 8.52. The van der Waals surface area contributed by atoms with Crippen molar-refractivity contribution in [3.63, 3.8) is 0 Å². The maximum Gasteiger partial charge on any atom is 0.123 e. The summed E-state index contributed by atoms with van der Waals surface area (Å²) in [5.41, 5.74) is 4.95. The van der Waals surface area contributed by atoms with Crippen LogP contribution < -0.4 is 0 Å². The minimum atomic E-state index is -0.166. The van der Waals surface area contributed by atoms with Crippen molar-refractivity contribution in [2.24, 2.45) is 0 Å². The van der Waals surface area contributed by atoms with Gasteiger partial charge in [0.1, 0.15) is 5.82 Å². The van der Waals surface area contributed by atoms with E-state index in [0.29, 0.717) is 6.04 Å². The number of hydrogen-bond acceptors (Lipinski definition) is 2. The van der Waals surface area contributed by atoms with Gasteiger partial charge in [0.05, 0.1) is 0 Å². The van der Waals surface area contributed by atoms with Crippen LogP contribution in [0.3, 0.4) is 0 Å². The largest absolute Gasteiger partial charge is 0.361 e. The lowest BCUT2D eigenvalue weighted by atomic mass is 9.89. The Morgan fingerprint density at radius 1 is 1.00 bits per heavy atom. The number of nitrogens with zero attached hydrogens (tertiary/aromatic N) is 2. The lowest BCUT2D eigenvalue weighted by Crippen LogP contribution is -2.50. The van der Waals surface area contributed by atoms with Gasteiger partial charge in [-0.2, -0.15) is 0 Å². The van der Waals surface area contributed by atoms with Gasteiger partial charge in [-0.25, -0.2) is 4.39 Å². The Kier molecular flexibility index (Phi) is 5.21. The van der Waals surface area contributed by atoms with Crippen molar-refractivity contribution in [1.82, 2.24) is 14.8 Å². The molecule has 0 spiro atoms. The van der Waals surface area contributed by atoms with Crippen LogP contribution in [-0.2, 0) is 6.54 Å². The number of piperazine rings is 1. The minimum absolute atomic E-state index is 0.166. The number of fused-ring (bicyclic) bond motifs is 1. The number of benzene rings is 2. The molecular weight excluding hydrogens is 361 g/mol. The molecule has 4 heteroatoms. The summed E-state index contributed by atoms with van der Waals surface area (Å²) in [6.07, 6.45) is 7.78. The van der Waals surface area contributed by atoms with E-state index < -0.39 is 0 Å². The van der Waals surface area contributed by atoms with Crippen molar-refractivity contribution in [3.05, 3.63) is 77.7 Å². The lowest BCUT2D eigenvalue weighted by Gasteiger charge is -2.40. The van der Waals surface area contributed by atoms with E-state index in [-0.39, 0.29) is 5.82 Å². The molecule has 150 valence electrons. The summed E-state index contributed by atoms with van der Waals surface area (Å²) in [5.74, 6) is -0.166. The first-order chi connectivity index (χ1) is 14.3. The molecule has 0 amide bonds. The summed E-state index contributed by atoms with van der Waals surface area (Å²) in [6.45, 7) is 5.64. The van der Waals surface area contributed by atoms with Crippen LogP contribution in [0.4, 0.5) is 4.39 Å². The highest BCUT2D eigenvalue weighted by atomic mass is 19.1. The maximum absolute atomic E-state index is 13.7. The molecule has 29 heavy (non-hydrogen) atoms. The molecule has 2 heterocycles. The summed E-state index contributed by atoms with van der Waals surface area (Å²) in [5, 5.41) is 1.00. The predicted octanol–water partition coefficient (Wildman–Crippen LogP) is 5.06. The first kappa shape index (κ1) is 18.6. The van der Waals surface area contributed by atoms with Crippen molar-refractivity contribution in [2.75, 3.05) is 26.2 Å². The molecule has 5 rings (SSSR count). The first-order valence-corrected chi connectivity index (χ1v) is 10.7. The minimum Gasteiger partial charge on any atom is -0.361 e. The van der Waals surface area contributed by atoms with E-state index in [0.717, 1.165) is 56.5 Å². The molecule has 1 N–H and O–H groups in total. The fourth-order valence-corrected chi connectivity index (χ4v) is 4.88. The van der Waals surface area contributed by atoms with Crippen LogP contribution in [0, 0.1) is 5.82 Å². The van der Waals surface area contributed by atoms with Gasteiger partial charge in [-0.1, -0.05) is 36.4 Å². The number of H-pyrrole nitrogens is 1. The molecule has 1 aliphatic heterocycles. The molecule has 1 aromatic heterocycles. The van der Waals surface area contributed by atoms with Gasteiger partial charge in [-0.3, -0.25) is 9.80 Å². The number of rotatable bonds is 4. The third kappa shape index (κ3) is 4.00. The van der Waals surface area contributed by atoms with Gasteiger partial charge in [-0.15, -0.1) is 0 Å². The Morgan fingerprint density at radius 2 is 1.83 bits per heavy atom. The number of aromatic nitrogens is 1. The number of halogens is 1. The molecule has 2 aliphatic rings. The SMILES string of the molecule is Fc1ccc2[nH]cc(C3=CCC(N4CCN(Cc5ccccc5)CC4)CC3)c2c1. The van der Waals surface area contributed by atoms with Gasteiger partial charge in [0.25, 0.3) is 0 Å². The molecule has 0 radical (unpaired) electrons. The van der Waals surface area contributed by atoms with E-state index in [1.165, 1.54) is 29.2 Å². The summed E-state index contributed by atoms with van der Waals surface area (Å²) in [7, 11) is 0. The number of nitrogens with one attached hydrogen (secondary N) is 1. The summed E-state index contributed by atoms with van der Waals surface area (Å²) in [6, 6.07) is 16.4. The van der Waals surface area contributed by atoms with Gasteiger partial charge in [0.2, 0.25) is 0 Å². The molecule has 0 bridgehead atoms. The van der Waals surface area contributed by atoms with E-state index in [4.69, 9.17) is 0 Å². The highest BCUT2D eigenvalue weighted by Gasteiger charge is 2.26. The summed E-state index contributed by atoms with van der Waals surface area (Å²) >= 11 is 0. The topological polar surface area (TPSA) is 22.3 Å². The Morgan fingerprint density at radius 3 is 2.59 bits per heavy atom. The molecule has 1 aliphatic carbocycles. The second-order valence-corrected chi connectivity index (χ2v) is 8.35. The second-order valence-electron chi connectivity index (χ2n) is 8.35. The van der Waals surface area contributed by atoms with Crippen molar-refractivity contribution in [1.29, 1.82) is 0 Å². The zero-order valence-corrected chi connectivity index (χ0v) is 16.8. The molecule has 1 atom stereocenters. The van der Waals surface area contributed by atoms with Gasteiger partial charge < -0.3 is 4.98 Å². The normalized spacial score (nSPS) is 21.4. The maximum atomic E-state index is 13.7. The van der Waals surface area contributed by atoms with Crippen LogP contribution in [0.15, 0.2) is 60.8 Å². The summed E-state index contributed by atoms with van der Waals surface area (Å²) < 4.78 is 13.7. The van der Waals surface area contributed by atoms with E-state index in [1.54, 1.807) is 6.07 Å². The molecule has 1 fully saturated rings. The molecule has 3 nitrogen and oxygen atoms in total. The molecule has 3 aromatic rings. The third-order valence-electron chi connectivity index (χ3n) is 6.55. The van der Waals surface area contributed by atoms with E-state index >= 15 is 0 Å². The average Bonchev–Trinajstić information content (AvgIpc) is 3.18. The quantitative estimate of drug-likeness (QED) is 0.674. The average molecular weight is 390 g/mol. The molecule has 1 unspecified atom stereocenters. The molecule has 0 saturated carbocycles. The molecule has 2 aromatic carbocycles. The first-order valence-electron chi connectivity index (χ1n) is 10.7. The lowest BCUT2D eigenvalue weighted by molar-refractivity contribution is 0.0881. The monoisotopic (exact) mass is 389 g/mol. The van der Waals surface area contributed by atoms with Crippen molar-refractivity contribution in [2.45, 2.75) is 31.8 Å². The standard InChI is InChI=1S/C25H28FN3/c26-21-8-11-25-23(16-21)24(17-27-25)20-6-9-22(10-7-20)29-14-12-28(13-15-29)18-19-4-2-1-3-5-19/h1-6,8,11,16-17,22,27H,7,9-10,12-15,18H2. The fourth-order valence-electron chi connectivity index (χ4n) is 4.88. The van der Waals surface area contributed by atoms with Crippen molar-refractivity contribution < 1.29 is 4.39 Å². The van der Waals surface area contributed by atoms with Gasteiger partial charge in [0, 0.05) is 61.4 Å². The Balaban J connectivity index is 1.20.